The Labute approximate surface area is 84.7 Å². The molecule has 0 fully saturated rings. The van der Waals surface area contributed by atoms with E-state index in [1.165, 1.54) is 21.6 Å². The number of hydrogen-bond acceptors (Lipinski definition) is 2. The fourth-order valence-electron chi connectivity index (χ4n) is 1.43. The molecule has 0 aliphatic carbocycles. The molecule has 0 spiro atoms. The highest BCUT2D eigenvalue weighted by Crippen LogP contribution is 2.22. The van der Waals surface area contributed by atoms with Gasteiger partial charge in [0.2, 0.25) is 0 Å². The Balaban J connectivity index is 3.09. The largest absolute Gasteiger partial charge is 0.330 e. The molecule has 1 aromatic carbocycles. The van der Waals surface area contributed by atoms with Gasteiger partial charge in [-0.25, -0.2) is 0 Å². The third-order valence-corrected chi connectivity index (χ3v) is 3.10. The SMILES string of the molecule is CSc1cc(C)c(C)c(CCN)c1. The molecule has 72 valence electrons. The van der Waals surface area contributed by atoms with Gasteiger partial charge in [0, 0.05) is 4.90 Å². The van der Waals surface area contributed by atoms with Crippen molar-refractivity contribution in [1.29, 1.82) is 0 Å². The van der Waals surface area contributed by atoms with E-state index in [-0.39, 0.29) is 0 Å². The standard InChI is InChI=1S/C11H17NS/c1-8-6-11(13-3)7-10(4-5-12)9(8)2/h6-7H,4-5,12H2,1-3H3. The lowest BCUT2D eigenvalue weighted by molar-refractivity contribution is 0.947. The van der Waals surface area contributed by atoms with Gasteiger partial charge in [0.1, 0.15) is 0 Å². The maximum atomic E-state index is 5.56. The smallest absolute Gasteiger partial charge is 0.00747 e. The predicted octanol–water partition coefficient (Wildman–Crippen LogP) is 2.53. The first-order valence-corrected chi connectivity index (χ1v) is 5.75. The number of thioether (sulfide) groups is 1. The fraction of sp³-hybridized carbons (Fsp3) is 0.455. The summed E-state index contributed by atoms with van der Waals surface area (Å²) in [5, 5.41) is 0. The molecular formula is C11H17NS. The minimum Gasteiger partial charge on any atom is -0.330 e. The van der Waals surface area contributed by atoms with Crippen LogP contribution in [0.2, 0.25) is 0 Å². The molecule has 0 aromatic heterocycles. The highest BCUT2D eigenvalue weighted by Gasteiger charge is 2.02. The molecule has 0 amide bonds. The topological polar surface area (TPSA) is 26.0 Å². The zero-order chi connectivity index (χ0) is 9.84. The second kappa shape index (κ2) is 4.68. The van der Waals surface area contributed by atoms with Crippen molar-refractivity contribution in [1.82, 2.24) is 0 Å². The molecule has 1 aromatic rings. The van der Waals surface area contributed by atoms with E-state index in [2.05, 4.69) is 32.2 Å². The van der Waals surface area contributed by atoms with Crippen LogP contribution < -0.4 is 5.73 Å². The average Bonchev–Trinajstić information content (AvgIpc) is 2.13. The van der Waals surface area contributed by atoms with Crippen LogP contribution in [0.5, 0.6) is 0 Å². The van der Waals surface area contributed by atoms with Crippen molar-refractivity contribution >= 4 is 11.8 Å². The van der Waals surface area contributed by atoms with Gasteiger partial charge in [0.15, 0.2) is 0 Å². The first-order chi connectivity index (χ1) is 6.19. The van der Waals surface area contributed by atoms with Gasteiger partial charge in [-0.05, 0) is 61.9 Å². The highest BCUT2D eigenvalue weighted by molar-refractivity contribution is 7.98. The summed E-state index contributed by atoms with van der Waals surface area (Å²) in [6.07, 6.45) is 3.09. The van der Waals surface area contributed by atoms with Gasteiger partial charge in [-0.1, -0.05) is 0 Å². The van der Waals surface area contributed by atoms with Crippen LogP contribution in [0.25, 0.3) is 0 Å². The van der Waals surface area contributed by atoms with Gasteiger partial charge in [0.05, 0.1) is 0 Å². The number of hydrogen-bond donors (Lipinski definition) is 1. The van der Waals surface area contributed by atoms with Crippen molar-refractivity contribution in [3.05, 3.63) is 28.8 Å². The Morgan fingerprint density at radius 3 is 2.54 bits per heavy atom. The van der Waals surface area contributed by atoms with Crippen LogP contribution in [0, 0.1) is 13.8 Å². The lowest BCUT2D eigenvalue weighted by atomic mass is 10.0. The summed E-state index contributed by atoms with van der Waals surface area (Å²) in [6, 6.07) is 4.49. The lowest BCUT2D eigenvalue weighted by Crippen LogP contribution is -2.05. The van der Waals surface area contributed by atoms with Crippen molar-refractivity contribution in [3.63, 3.8) is 0 Å². The Bertz CT molecular complexity index is 294. The molecule has 0 radical (unpaired) electrons. The molecule has 0 saturated carbocycles. The fourth-order valence-corrected chi connectivity index (χ4v) is 1.98. The molecule has 1 nitrogen and oxygen atoms in total. The third-order valence-electron chi connectivity index (χ3n) is 2.40. The van der Waals surface area contributed by atoms with Crippen LogP contribution in [-0.2, 0) is 6.42 Å². The number of rotatable bonds is 3. The molecule has 1 rings (SSSR count). The van der Waals surface area contributed by atoms with Crippen LogP contribution in [0.4, 0.5) is 0 Å². The van der Waals surface area contributed by atoms with Gasteiger partial charge in [-0.3, -0.25) is 0 Å². The number of nitrogens with two attached hydrogens (primary N) is 1. The third kappa shape index (κ3) is 2.48. The highest BCUT2D eigenvalue weighted by atomic mass is 32.2. The van der Waals surface area contributed by atoms with E-state index in [0.29, 0.717) is 0 Å². The maximum Gasteiger partial charge on any atom is 0.00747 e. The van der Waals surface area contributed by atoms with Gasteiger partial charge >= 0.3 is 0 Å². The quantitative estimate of drug-likeness (QED) is 0.750. The summed E-state index contributed by atoms with van der Waals surface area (Å²) in [5.74, 6) is 0. The Morgan fingerprint density at radius 1 is 1.31 bits per heavy atom. The van der Waals surface area contributed by atoms with E-state index in [4.69, 9.17) is 5.73 Å². The monoisotopic (exact) mass is 195 g/mol. The summed E-state index contributed by atoms with van der Waals surface area (Å²) in [6.45, 7) is 5.07. The van der Waals surface area contributed by atoms with Gasteiger partial charge in [-0.15, -0.1) is 11.8 Å². The van der Waals surface area contributed by atoms with Gasteiger partial charge in [0.25, 0.3) is 0 Å². The van der Waals surface area contributed by atoms with E-state index < -0.39 is 0 Å². The molecule has 2 N–H and O–H groups in total. The van der Waals surface area contributed by atoms with Crippen LogP contribution in [0.3, 0.4) is 0 Å². The summed E-state index contributed by atoms with van der Waals surface area (Å²) >= 11 is 1.79. The number of aryl methyl sites for hydroxylation is 1. The maximum absolute atomic E-state index is 5.56. The molecule has 0 saturated heterocycles. The van der Waals surface area contributed by atoms with Crippen molar-refractivity contribution < 1.29 is 0 Å². The number of benzene rings is 1. The van der Waals surface area contributed by atoms with E-state index in [1.54, 1.807) is 11.8 Å². The predicted molar refractivity (Wildman–Crippen MR) is 60.5 cm³/mol. The second-order valence-corrected chi connectivity index (χ2v) is 4.15. The molecule has 0 unspecified atom stereocenters. The Morgan fingerprint density at radius 2 is 2.00 bits per heavy atom. The van der Waals surface area contributed by atoms with Gasteiger partial charge in [-0.2, -0.15) is 0 Å². The zero-order valence-electron chi connectivity index (χ0n) is 8.55. The van der Waals surface area contributed by atoms with Crippen molar-refractivity contribution in [2.24, 2.45) is 5.73 Å². The molecule has 0 heterocycles. The van der Waals surface area contributed by atoms with E-state index in [0.717, 1.165) is 13.0 Å². The van der Waals surface area contributed by atoms with E-state index in [9.17, 15) is 0 Å². The zero-order valence-corrected chi connectivity index (χ0v) is 9.37. The second-order valence-electron chi connectivity index (χ2n) is 3.27. The molecule has 13 heavy (non-hydrogen) atoms. The summed E-state index contributed by atoms with van der Waals surface area (Å²) < 4.78 is 0. The van der Waals surface area contributed by atoms with E-state index >= 15 is 0 Å². The molecule has 0 bridgehead atoms. The molecule has 0 aliphatic rings. The summed E-state index contributed by atoms with van der Waals surface area (Å²) in [7, 11) is 0. The molecular weight excluding hydrogens is 178 g/mol. The van der Waals surface area contributed by atoms with Gasteiger partial charge < -0.3 is 5.73 Å². The first kappa shape index (κ1) is 10.6. The summed E-state index contributed by atoms with van der Waals surface area (Å²) in [4.78, 5) is 1.34. The van der Waals surface area contributed by atoms with Crippen molar-refractivity contribution in [3.8, 4) is 0 Å². The minimum atomic E-state index is 0.734. The van der Waals surface area contributed by atoms with Crippen molar-refractivity contribution in [2.45, 2.75) is 25.2 Å². The average molecular weight is 195 g/mol. The Kier molecular flexibility index (Phi) is 3.82. The first-order valence-electron chi connectivity index (χ1n) is 4.53. The molecule has 0 aliphatic heterocycles. The Hall–Kier alpha value is -0.470. The van der Waals surface area contributed by atoms with Crippen LogP contribution in [0.1, 0.15) is 16.7 Å². The van der Waals surface area contributed by atoms with Crippen LogP contribution >= 0.6 is 11.8 Å². The normalized spacial score (nSPS) is 10.5. The minimum absolute atomic E-state index is 0.734. The van der Waals surface area contributed by atoms with E-state index in [1.807, 2.05) is 0 Å². The van der Waals surface area contributed by atoms with Crippen LogP contribution in [-0.4, -0.2) is 12.8 Å². The lowest BCUT2D eigenvalue weighted by Gasteiger charge is -2.09. The molecule has 2 heteroatoms. The molecule has 0 atom stereocenters. The van der Waals surface area contributed by atoms with Crippen molar-refractivity contribution in [2.75, 3.05) is 12.8 Å². The summed E-state index contributed by atoms with van der Waals surface area (Å²) in [5.41, 5.74) is 9.72. The van der Waals surface area contributed by atoms with Crippen LogP contribution in [0.15, 0.2) is 17.0 Å².